The summed E-state index contributed by atoms with van der Waals surface area (Å²) in [7, 11) is 3.12. The van der Waals surface area contributed by atoms with E-state index in [0.717, 1.165) is 0 Å². The van der Waals surface area contributed by atoms with Crippen LogP contribution in [0.1, 0.15) is 32.8 Å². The van der Waals surface area contributed by atoms with Gasteiger partial charge in [-0.05, 0) is 51.3 Å². The molecule has 36 heavy (non-hydrogen) atoms. The first-order valence-electron chi connectivity index (χ1n) is 11.4. The van der Waals surface area contributed by atoms with Gasteiger partial charge in [0, 0.05) is 26.5 Å². The standard InChI is InChI=1S/C23H33ClFN5O6/c1-23(2,3)36-21(32)27-19(30-14-28(4)22(33)29(5)15-30)35-20(31)26-11-9-16-7-8-18(17(25)13-16)34-12-6-10-24/h7-8,13H,6,9-12,14-15H2,1-5H3,(H,26,31)/b27-19+. The van der Waals surface area contributed by atoms with E-state index in [1.54, 1.807) is 40.9 Å². The molecule has 0 aromatic heterocycles. The Kier molecular flexibility index (Phi) is 10.6. The zero-order chi connectivity index (χ0) is 26.9. The lowest BCUT2D eigenvalue weighted by Gasteiger charge is -2.39. The van der Waals surface area contributed by atoms with E-state index in [1.165, 1.54) is 26.8 Å². The van der Waals surface area contributed by atoms with Gasteiger partial charge in [-0.15, -0.1) is 16.6 Å². The number of alkyl carbamates (subject to hydrolysis) is 1. The van der Waals surface area contributed by atoms with Gasteiger partial charge in [-0.1, -0.05) is 6.07 Å². The van der Waals surface area contributed by atoms with Crippen molar-refractivity contribution in [1.82, 2.24) is 20.0 Å². The molecule has 13 heteroatoms. The highest BCUT2D eigenvalue weighted by atomic mass is 35.5. The van der Waals surface area contributed by atoms with Gasteiger partial charge in [0.25, 0.3) is 0 Å². The zero-order valence-electron chi connectivity index (χ0n) is 21.2. The molecule has 0 spiro atoms. The quantitative estimate of drug-likeness (QED) is 0.248. The van der Waals surface area contributed by atoms with Crippen molar-refractivity contribution in [3.8, 4) is 5.75 Å². The third-order valence-corrected chi connectivity index (χ3v) is 4.94. The van der Waals surface area contributed by atoms with Crippen LogP contribution in [0, 0.1) is 5.82 Å². The molecule has 1 aliphatic heterocycles. The first-order valence-corrected chi connectivity index (χ1v) is 11.9. The van der Waals surface area contributed by atoms with Gasteiger partial charge in [0.1, 0.15) is 18.9 Å². The number of carbonyl (C=O) groups is 3. The van der Waals surface area contributed by atoms with Crippen molar-refractivity contribution < 1.29 is 33.0 Å². The molecular weight excluding hydrogens is 497 g/mol. The van der Waals surface area contributed by atoms with Crippen LogP contribution in [-0.4, -0.2) is 91.0 Å². The molecule has 0 saturated carbocycles. The Labute approximate surface area is 215 Å². The van der Waals surface area contributed by atoms with Crippen LogP contribution in [0.3, 0.4) is 0 Å². The summed E-state index contributed by atoms with van der Waals surface area (Å²) < 4.78 is 30.0. The van der Waals surface area contributed by atoms with Gasteiger partial charge < -0.3 is 29.3 Å². The number of urea groups is 1. The molecular formula is C23H33ClFN5O6. The average Bonchev–Trinajstić information content (AvgIpc) is 2.77. The van der Waals surface area contributed by atoms with Crippen molar-refractivity contribution in [2.24, 2.45) is 4.99 Å². The monoisotopic (exact) mass is 529 g/mol. The molecule has 0 bridgehead atoms. The van der Waals surface area contributed by atoms with E-state index in [4.69, 9.17) is 25.8 Å². The molecule has 0 radical (unpaired) electrons. The molecule has 0 unspecified atom stereocenters. The van der Waals surface area contributed by atoms with Crippen LogP contribution in [0.4, 0.5) is 18.8 Å². The van der Waals surface area contributed by atoms with E-state index in [1.807, 2.05) is 0 Å². The van der Waals surface area contributed by atoms with Crippen LogP contribution in [0.15, 0.2) is 23.2 Å². The van der Waals surface area contributed by atoms with Gasteiger partial charge in [0.15, 0.2) is 11.6 Å². The predicted octanol–water partition coefficient (Wildman–Crippen LogP) is 3.61. The van der Waals surface area contributed by atoms with Gasteiger partial charge in [0.05, 0.1) is 6.61 Å². The third-order valence-electron chi connectivity index (χ3n) is 4.67. The maximum Gasteiger partial charge on any atom is 0.438 e. The van der Waals surface area contributed by atoms with Crippen LogP contribution in [0.5, 0.6) is 5.75 Å². The van der Waals surface area contributed by atoms with Gasteiger partial charge in [0.2, 0.25) is 0 Å². The Morgan fingerprint density at radius 3 is 2.44 bits per heavy atom. The first kappa shape index (κ1) is 29.0. The number of carbonyl (C=O) groups excluding carboxylic acids is 3. The van der Waals surface area contributed by atoms with Gasteiger partial charge in [-0.3, -0.25) is 4.90 Å². The normalized spacial score (nSPS) is 14.6. The van der Waals surface area contributed by atoms with Crippen LogP contribution in [-0.2, 0) is 15.9 Å². The second kappa shape index (κ2) is 13.1. The maximum absolute atomic E-state index is 14.2. The van der Waals surface area contributed by atoms with Crippen LogP contribution in [0.25, 0.3) is 0 Å². The highest BCUT2D eigenvalue weighted by molar-refractivity contribution is 6.17. The van der Waals surface area contributed by atoms with E-state index in [0.29, 0.717) is 30.9 Å². The molecule has 2 rings (SSSR count). The van der Waals surface area contributed by atoms with Gasteiger partial charge in [-0.2, -0.15) is 0 Å². The Bertz CT molecular complexity index is 957. The predicted molar refractivity (Wildman–Crippen MR) is 132 cm³/mol. The molecule has 1 aliphatic rings. The molecule has 11 nitrogen and oxygen atoms in total. The van der Waals surface area contributed by atoms with Gasteiger partial charge in [-0.25, -0.2) is 18.8 Å². The molecule has 1 saturated heterocycles. The summed E-state index contributed by atoms with van der Waals surface area (Å²) in [6.45, 7) is 5.55. The lowest BCUT2D eigenvalue weighted by Crippen LogP contribution is -2.57. The average molecular weight is 530 g/mol. The molecule has 0 aliphatic carbocycles. The molecule has 4 amide bonds. The van der Waals surface area contributed by atoms with Crippen LogP contribution >= 0.6 is 11.6 Å². The summed E-state index contributed by atoms with van der Waals surface area (Å²) in [5, 5.41) is 2.55. The SMILES string of the molecule is CN1CN(/C(=N\C(=O)OC(C)(C)C)OC(=O)NCCc2ccc(OCCCCl)c(F)c2)CN(C)C1=O. The minimum Gasteiger partial charge on any atom is -0.490 e. The zero-order valence-corrected chi connectivity index (χ0v) is 21.9. The number of rotatable bonds is 7. The molecule has 200 valence electrons. The number of halogens is 2. The Balaban J connectivity index is 2.00. The second-order valence-corrected chi connectivity index (χ2v) is 9.48. The molecule has 0 atom stereocenters. The van der Waals surface area contributed by atoms with Crippen LogP contribution < -0.4 is 10.1 Å². The topological polar surface area (TPSA) is 113 Å². The number of hydrogen-bond donors (Lipinski definition) is 1. The highest BCUT2D eigenvalue weighted by Crippen LogP contribution is 2.19. The van der Waals surface area contributed by atoms with Crippen molar-refractivity contribution in [2.75, 3.05) is 46.5 Å². The number of nitrogens with one attached hydrogen (secondary N) is 1. The Morgan fingerprint density at radius 2 is 1.86 bits per heavy atom. The summed E-state index contributed by atoms with van der Waals surface area (Å²) in [4.78, 5) is 44.7. The summed E-state index contributed by atoms with van der Waals surface area (Å²) >= 11 is 5.59. The van der Waals surface area contributed by atoms with Crippen molar-refractivity contribution >= 4 is 35.8 Å². The van der Waals surface area contributed by atoms with Crippen molar-refractivity contribution in [1.29, 1.82) is 0 Å². The van der Waals surface area contributed by atoms with Gasteiger partial charge >= 0.3 is 24.2 Å². The summed E-state index contributed by atoms with van der Waals surface area (Å²) in [6, 6.07) is 3.98. The fraction of sp³-hybridized carbons (Fsp3) is 0.565. The highest BCUT2D eigenvalue weighted by Gasteiger charge is 2.30. The molecule has 1 heterocycles. The largest absolute Gasteiger partial charge is 0.490 e. The number of alkyl halides is 1. The smallest absolute Gasteiger partial charge is 0.438 e. The van der Waals surface area contributed by atoms with E-state index < -0.39 is 23.6 Å². The summed E-state index contributed by atoms with van der Waals surface area (Å²) in [6.07, 6.45) is -0.901. The van der Waals surface area contributed by atoms with Crippen molar-refractivity contribution in [3.05, 3.63) is 29.6 Å². The number of amidine groups is 1. The Morgan fingerprint density at radius 1 is 1.19 bits per heavy atom. The van der Waals surface area contributed by atoms with E-state index >= 15 is 0 Å². The fourth-order valence-electron chi connectivity index (χ4n) is 3.09. The number of aliphatic imine (C=N–C) groups is 1. The van der Waals surface area contributed by atoms with E-state index in [-0.39, 0.29) is 37.7 Å². The first-order chi connectivity index (χ1) is 16.9. The number of benzene rings is 1. The van der Waals surface area contributed by atoms with Crippen molar-refractivity contribution in [3.63, 3.8) is 0 Å². The number of ether oxygens (including phenoxy) is 3. The number of hydrogen-bond acceptors (Lipinski definition) is 6. The molecule has 1 aromatic carbocycles. The number of nitrogens with zero attached hydrogens (tertiary/aromatic N) is 4. The second-order valence-electron chi connectivity index (χ2n) is 9.10. The van der Waals surface area contributed by atoms with Crippen molar-refractivity contribution in [2.45, 2.75) is 39.2 Å². The minimum atomic E-state index is -0.948. The fourth-order valence-corrected chi connectivity index (χ4v) is 3.20. The number of amides is 4. The minimum absolute atomic E-state index is 0.0384. The molecule has 1 N–H and O–H groups in total. The lowest BCUT2D eigenvalue weighted by molar-refractivity contribution is 0.0578. The maximum atomic E-state index is 14.2. The summed E-state index contributed by atoms with van der Waals surface area (Å²) in [5.74, 6) is 0.0492. The van der Waals surface area contributed by atoms with E-state index in [9.17, 15) is 18.8 Å². The molecule has 1 fully saturated rings. The molecule has 1 aromatic rings. The Hall–Kier alpha value is -3.28. The van der Waals surface area contributed by atoms with E-state index in [2.05, 4.69) is 10.3 Å². The van der Waals surface area contributed by atoms with Crippen LogP contribution in [0.2, 0.25) is 0 Å². The lowest BCUT2D eigenvalue weighted by atomic mass is 10.1. The summed E-state index contributed by atoms with van der Waals surface area (Å²) in [5.41, 5.74) is -0.169. The third kappa shape index (κ3) is 9.40.